The van der Waals surface area contributed by atoms with Crippen LogP contribution in [0.1, 0.15) is 27.2 Å². The Labute approximate surface area is 62.2 Å². The molecule has 60 valence electrons. The van der Waals surface area contributed by atoms with Gasteiger partial charge in [0.2, 0.25) is 0 Å². The lowest BCUT2D eigenvalue weighted by molar-refractivity contribution is -0.0600. The van der Waals surface area contributed by atoms with Gasteiger partial charge in [0, 0.05) is 6.61 Å². The average Bonchev–Trinajstić information content (AvgIpc) is 2.11. The first-order valence-electron chi connectivity index (χ1n) is 3.84. The van der Waals surface area contributed by atoms with Crippen LogP contribution in [0.5, 0.6) is 0 Å². The Hall–Kier alpha value is -0.0800. The standard InChI is InChI=1S/C8H16O2/c1-6-4-7(10-5-6)8(2,3)9/h6-7,9H,4-5H2,1-3H3/t6-,7-/m0/s1. The Balaban J connectivity index is 2.45. The first-order chi connectivity index (χ1) is 4.50. The summed E-state index contributed by atoms with van der Waals surface area (Å²) in [5.41, 5.74) is -0.662. The van der Waals surface area contributed by atoms with Gasteiger partial charge in [-0.1, -0.05) is 6.92 Å². The van der Waals surface area contributed by atoms with Crippen LogP contribution in [0.25, 0.3) is 0 Å². The molecule has 2 atom stereocenters. The van der Waals surface area contributed by atoms with Gasteiger partial charge in [0.05, 0.1) is 11.7 Å². The molecule has 0 aromatic rings. The lowest BCUT2D eigenvalue weighted by atomic mass is 9.96. The van der Waals surface area contributed by atoms with Gasteiger partial charge in [-0.2, -0.15) is 0 Å². The molecule has 2 heteroatoms. The van der Waals surface area contributed by atoms with Gasteiger partial charge >= 0.3 is 0 Å². The van der Waals surface area contributed by atoms with Crippen molar-refractivity contribution in [3.05, 3.63) is 0 Å². The second-order valence-corrected chi connectivity index (χ2v) is 3.82. The van der Waals surface area contributed by atoms with Crippen LogP contribution in [0.3, 0.4) is 0 Å². The molecule has 0 spiro atoms. The Morgan fingerprint density at radius 2 is 2.10 bits per heavy atom. The van der Waals surface area contributed by atoms with Gasteiger partial charge in [-0.25, -0.2) is 0 Å². The van der Waals surface area contributed by atoms with E-state index in [1.54, 1.807) is 13.8 Å². The molecule has 0 unspecified atom stereocenters. The number of rotatable bonds is 1. The summed E-state index contributed by atoms with van der Waals surface area (Å²) >= 11 is 0. The Bertz CT molecular complexity index is 115. The van der Waals surface area contributed by atoms with Crippen molar-refractivity contribution < 1.29 is 9.84 Å². The topological polar surface area (TPSA) is 29.5 Å². The van der Waals surface area contributed by atoms with Crippen LogP contribution >= 0.6 is 0 Å². The number of aliphatic hydroxyl groups is 1. The zero-order valence-electron chi connectivity index (χ0n) is 6.92. The molecule has 1 rings (SSSR count). The SMILES string of the molecule is C[C@@H]1CO[C@H](C(C)(C)O)C1. The molecule has 0 aliphatic carbocycles. The molecular formula is C8H16O2. The third kappa shape index (κ3) is 1.70. The fourth-order valence-corrected chi connectivity index (χ4v) is 1.27. The zero-order chi connectivity index (χ0) is 7.78. The van der Waals surface area contributed by atoms with E-state index in [0.717, 1.165) is 13.0 Å². The maximum atomic E-state index is 9.51. The third-order valence-corrected chi connectivity index (χ3v) is 1.99. The lowest BCUT2D eigenvalue weighted by Crippen LogP contribution is -2.35. The smallest absolute Gasteiger partial charge is 0.0860 e. The minimum Gasteiger partial charge on any atom is -0.388 e. The largest absolute Gasteiger partial charge is 0.388 e. The van der Waals surface area contributed by atoms with Crippen molar-refractivity contribution in [1.82, 2.24) is 0 Å². The highest BCUT2D eigenvalue weighted by molar-refractivity contribution is 4.83. The van der Waals surface area contributed by atoms with Crippen LogP contribution in [0.2, 0.25) is 0 Å². The number of hydrogen-bond acceptors (Lipinski definition) is 2. The summed E-state index contributed by atoms with van der Waals surface area (Å²) < 4.78 is 5.38. The van der Waals surface area contributed by atoms with Crippen LogP contribution in [0.15, 0.2) is 0 Å². The Morgan fingerprint density at radius 3 is 2.30 bits per heavy atom. The van der Waals surface area contributed by atoms with Crippen LogP contribution in [0, 0.1) is 5.92 Å². The molecule has 1 saturated heterocycles. The van der Waals surface area contributed by atoms with Crippen LogP contribution in [-0.2, 0) is 4.74 Å². The predicted molar refractivity (Wildman–Crippen MR) is 39.8 cm³/mol. The molecule has 1 aliphatic rings. The zero-order valence-corrected chi connectivity index (χ0v) is 6.92. The van der Waals surface area contributed by atoms with Crippen molar-refractivity contribution >= 4 is 0 Å². The second-order valence-electron chi connectivity index (χ2n) is 3.82. The molecule has 0 amide bonds. The maximum absolute atomic E-state index is 9.51. The highest BCUT2D eigenvalue weighted by Crippen LogP contribution is 2.26. The highest BCUT2D eigenvalue weighted by Gasteiger charge is 2.33. The molecule has 0 aromatic carbocycles. The van der Waals surface area contributed by atoms with E-state index in [-0.39, 0.29) is 6.10 Å². The van der Waals surface area contributed by atoms with E-state index in [4.69, 9.17) is 4.74 Å². The van der Waals surface area contributed by atoms with Gasteiger partial charge in [-0.15, -0.1) is 0 Å². The molecule has 2 nitrogen and oxygen atoms in total. The van der Waals surface area contributed by atoms with Crippen molar-refractivity contribution in [3.63, 3.8) is 0 Å². The normalized spacial score (nSPS) is 34.8. The Kier molecular flexibility index (Phi) is 2.02. The summed E-state index contributed by atoms with van der Waals surface area (Å²) in [6.45, 7) is 6.55. The van der Waals surface area contributed by atoms with Gasteiger partial charge in [-0.3, -0.25) is 0 Å². The molecule has 0 aromatic heterocycles. The molecule has 1 fully saturated rings. The summed E-state index contributed by atoms with van der Waals surface area (Å²) in [6.07, 6.45) is 1.03. The summed E-state index contributed by atoms with van der Waals surface area (Å²) in [7, 11) is 0. The summed E-state index contributed by atoms with van der Waals surface area (Å²) in [5.74, 6) is 0.608. The van der Waals surface area contributed by atoms with Gasteiger partial charge in [0.1, 0.15) is 0 Å². The Morgan fingerprint density at radius 1 is 1.50 bits per heavy atom. The van der Waals surface area contributed by atoms with E-state index < -0.39 is 5.60 Å². The fraction of sp³-hybridized carbons (Fsp3) is 1.00. The summed E-state index contributed by atoms with van der Waals surface area (Å²) in [4.78, 5) is 0. The van der Waals surface area contributed by atoms with Gasteiger partial charge in [0.25, 0.3) is 0 Å². The van der Waals surface area contributed by atoms with E-state index in [1.165, 1.54) is 0 Å². The minimum absolute atomic E-state index is 0.0440. The van der Waals surface area contributed by atoms with E-state index in [1.807, 2.05) is 0 Å². The van der Waals surface area contributed by atoms with Crippen molar-refractivity contribution in [2.45, 2.75) is 38.9 Å². The van der Waals surface area contributed by atoms with Crippen molar-refractivity contribution in [2.24, 2.45) is 5.92 Å². The monoisotopic (exact) mass is 144 g/mol. The first-order valence-corrected chi connectivity index (χ1v) is 3.84. The van der Waals surface area contributed by atoms with Gasteiger partial charge < -0.3 is 9.84 Å². The molecule has 0 radical (unpaired) electrons. The van der Waals surface area contributed by atoms with Crippen molar-refractivity contribution in [1.29, 1.82) is 0 Å². The van der Waals surface area contributed by atoms with E-state index in [2.05, 4.69) is 6.92 Å². The summed E-state index contributed by atoms with van der Waals surface area (Å²) in [6, 6.07) is 0. The number of hydrogen-bond donors (Lipinski definition) is 1. The molecular weight excluding hydrogens is 128 g/mol. The van der Waals surface area contributed by atoms with E-state index in [0.29, 0.717) is 5.92 Å². The van der Waals surface area contributed by atoms with Gasteiger partial charge in [0.15, 0.2) is 0 Å². The van der Waals surface area contributed by atoms with Crippen molar-refractivity contribution in [3.8, 4) is 0 Å². The van der Waals surface area contributed by atoms with E-state index in [9.17, 15) is 5.11 Å². The van der Waals surface area contributed by atoms with Gasteiger partial charge in [-0.05, 0) is 26.2 Å². The average molecular weight is 144 g/mol. The predicted octanol–water partition coefficient (Wildman–Crippen LogP) is 1.18. The van der Waals surface area contributed by atoms with Crippen molar-refractivity contribution in [2.75, 3.05) is 6.61 Å². The quantitative estimate of drug-likeness (QED) is 0.599. The summed E-state index contributed by atoms with van der Waals surface area (Å²) in [5, 5.41) is 9.51. The third-order valence-electron chi connectivity index (χ3n) is 1.99. The van der Waals surface area contributed by atoms with Crippen LogP contribution < -0.4 is 0 Å². The van der Waals surface area contributed by atoms with E-state index >= 15 is 0 Å². The molecule has 0 saturated carbocycles. The first kappa shape index (κ1) is 8.02. The minimum atomic E-state index is -0.662. The highest BCUT2D eigenvalue weighted by atomic mass is 16.5. The van der Waals surface area contributed by atoms with Crippen LogP contribution in [-0.4, -0.2) is 23.4 Å². The molecule has 1 N–H and O–H groups in total. The molecule has 10 heavy (non-hydrogen) atoms. The lowest BCUT2D eigenvalue weighted by Gasteiger charge is -2.24. The molecule has 0 bridgehead atoms. The second kappa shape index (κ2) is 2.51. The molecule has 1 aliphatic heterocycles. The number of ether oxygens (including phenoxy) is 1. The molecule has 1 heterocycles. The fourth-order valence-electron chi connectivity index (χ4n) is 1.27. The maximum Gasteiger partial charge on any atom is 0.0860 e. The van der Waals surface area contributed by atoms with Crippen LogP contribution in [0.4, 0.5) is 0 Å².